The molecular formula is C11H13N3O3. The number of aromatic hydroxyl groups is 1. The number of aliphatic imine (C=N–C) groups is 1. The van der Waals surface area contributed by atoms with Gasteiger partial charge in [-0.2, -0.15) is 4.99 Å². The van der Waals surface area contributed by atoms with Crippen molar-refractivity contribution >= 4 is 17.9 Å². The van der Waals surface area contributed by atoms with E-state index in [0.29, 0.717) is 11.3 Å². The van der Waals surface area contributed by atoms with Crippen LogP contribution in [0.4, 0.5) is 0 Å². The number of hydrogen-bond acceptors (Lipinski definition) is 3. The number of methoxy groups -OCH3 is 1. The van der Waals surface area contributed by atoms with Crippen LogP contribution in [0, 0.1) is 0 Å². The summed E-state index contributed by atoms with van der Waals surface area (Å²) in [7, 11) is 1.44. The third kappa shape index (κ3) is 3.86. The van der Waals surface area contributed by atoms with E-state index in [0.717, 1.165) is 0 Å². The summed E-state index contributed by atoms with van der Waals surface area (Å²) in [5.41, 5.74) is 10.8. The molecular weight excluding hydrogens is 222 g/mol. The molecule has 0 saturated carbocycles. The topological polar surface area (TPSA) is 111 Å². The molecule has 0 heterocycles. The predicted octanol–water partition coefficient (Wildman–Crippen LogP) is 0.214. The minimum absolute atomic E-state index is 0.0280. The molecule has 0 aliphatic rings. The summed E-state index contributed by atoms with van der Waals surface area (Å²) < 4.78 is 4.92. The number of benzene rings is 1. The SMILES string of the molecule is COc1cc(/C=C/C(=O)N=C(N)N)ccc1O. The first-order chi connectivity index (χ1) is 8.02. The number of hydrogen-bond donors (Lipinski definition) is 3. The fourth-order valence-electron chi connectivity index (χ4n) is 1.13. The van der Waals surface area contributed by atoms with Crippen LogP contribution in [0.5, 0.6) is 11.5 Å². The van der Waals surface area contributed by atoms with Crippen molar-refractivity contribution in [1.82, 2.24) is 0 Å². The van der Waals surface area contributed by atoms with Crippen molar-refractivity contribution in [3.05, 3.63) is 29.8 Å². The standard InChI is InChI=1S/C11H13N3O3/c1-17-9-6-7(2-4-8(9)15)3-5-10(16)14-11(12)13/h2-6,15H,1H3,(H4,12,13,14,16)/b5-3+. The van der Waals surface area contributed by atoms with Gasteiger partial charge in [-0.3, -0.25) is 4.79 Å². The number of nitrogens with zero attached hydrogens (tertiary/aromatic N) is 1. The van der Waals surface area contributed by atoms with E-state index < -0.39 is 5.91 Å². The van der Waals surface area contributed by atoms with Gasteiger partial charge in [0.05, 0.1) is 7.11 Å². The molecule has 6 heteroatoms. The van der Waals surface area contributed by atoms with Crippen molar-refractivity contribution in [2.24, 2.45) is 16.5 Å². The van der Waals surface area contributed by atoms with Gasteiger partial charge in [0.15, 0.2) is 17.5 Å². The van der Waals surface area contributed by atoms with Gasteiger partial charge in [0, 0.05) is 6.08 Å². The van der Waals surface area contributed by atoms with Crippen LogP contribution in [0.1, 0.15) is 5.56 Å². The maximum Gasteiger partial charge on any atom is 0.272 e. The lowest BCUT2D eigenvalue weighted by Crippen LogP contribution is -2.23. The second kappa shape index (κ2) is 5.55. The van der Waals surface area contributed by atoms with Gasteiger partial charge in [-0.25, -0.2) is 0 Å². The molecule has 1 aromatic carbocycles. The number of phenolic OH excluding ortho intramolecular Hbond substituents is 1. The molecule has 0 saturated heterocycles. The van der Waals surface area contributed by atoms with Crippen LogP contribution in [-0.4, -0.2) is 24.1 Å². The largest absolute Gasteiger partial charge is 0.504 e. The smallest absolute Gasteiger partial charge is 0.272 e. The Kier molecular flexibility index (Phi) is 4.10. The summed E-state index contributed by atoms with van der Waals surface area (Å²) in [5.74, 6) is -0.499. The zero-order valence-electron chi connectivity index (χ0n) is 9.25. The maximum atomic E-state index is 11.1. The summed E-state index contributed by atoms with van der Waals surface area (Å²) in [6, 6.07) is 4.66. The van der Waals surface area contributed by atoms with Crippen molar-refractivity contribution in [2.75, 3.05) is 7.11 Å². The molecule has 90 valence electrons. The summed E-state index contributed by atoms with van der Waals surface area (Å²) in [6.45, 7) is 0. The number of phenols is 1. The van der Waals surface area contributed by atoms with Crippen LogP contribution in [0.15, 0.2) is 29.3 Å². The lowest BCUT2D eigenvalue weighted by atomic mass is 10.2. The molecule has 0 unspecified atom stereocenters. The molecule has 0 fully saturated rings. The van der Waals surface area contributed by atoms with Crippen molar-refractivity contribution < 1.29 is 14.6 Å². The zero-order chi connectivity index (χ0) is 12.8. The Hall–Kier alpha value is -2.50. The van der Waals surface area contributed by atoms with E-state index in [9.17, 15) is 9.90 Å². The minimum atomic E-state index is -0.558. The number of amides is 1. The molecule has 0 aromatic heterocycles. The van der Waals surface area contributed by atoms with Gasteiger partial charge in [-0.15, -0.1) is 0 Å². The third-order valence-electron chi connectivity index (χ3n) is 1.86. The summed E-state index contributed by atoms with van der Waals surface area (Å²) in [4.78, 5) is 14.5. The van der Waals surface area contributed by atoms with Gasteiger partial charge < -0.3 is 21.3 Å². The van der Waals surface area contributed by atoms with Gasteiger partial charge in [0.1, 0.15) is 0 Å². The van der Waals surface area contributed by atoms with Crippen molar-refractivity contribution in [2.45, 2.75) is 0 Å². The Balaban J connectivity index is 2.85. The Morgan fingerprint density at radius 2 is 2.18 bits per heavy atom. The van der Waals surface area contributed by atoms with Crippen LogP contribution >= 0.6 is 0 Å². The Morgan fingerprint density at radius 3 is 2.76 bits per heavy atom. The first-order valence-electron chi connectivity index (χ1n) is 4.71. The molecule has 0 atom stereocenters. The molecule has 6 nitrogen and oxygen atoms in total. The summed E-state index contributed by atoms with van der Waals surface area (Å²) in [5, 5.41) is 9.36. The molecule has 0 aliphatic carbocycles. The van der Waals surface area contributed by atoms with Crippen LogP contribution in [0.3, 0.4) is 0 Å². The molecule has 0 radical (unpaired) electrons. The van der Waals surface area contributed by atoms with Gasteiger partial charge in [-0.05, 0) is 23.8 Å². The van der Waals surface area contributed by atoms with E-state index in [2.05, 4.69) is 4.99 Å². The number of ether oxygens (including phenoxy) is 1. The third-order valence-corrected chi connectivity index (χ3v) is 1.86. The number of carbonyl (C=O) groups excluding carboxylic acids is 1. The van der Waals surface area contributed by atoms with E-state index >= 15 is 0 Å². The highest BCUT2D eigenvalue weighted by molar-refractivity contribution is 5.99. The predicted molar refractivity (Wildman–Crippen MR) is 64.5 cm³/mol. The molecule has 5 N–H and O–H groups in total. The maximum absolute atomic E-state index is 11.1. The van der Waals surface area contributed by atoms with E-state index in [-0.39, 0.29) is 11.7 Å². The van der Waals surface area contributed by atoms with Crippen molar-refractivity contribution in [3.8, 4) is 11.5 Å². The Bertz CT molecular complexity index is 477. The van der Waals surface area contributed by atoms with E-state index in [1.807, 2.05) is 0 Å². The lowest BCUT2D eigenvalue weighted by molar-refractivity contribution is -0.113. The van der Waals surface area contributed by atoms with E-state index in [1.165, 1.54) is 25.3 Å². The first kappa shape index (κ1) is 12.6. The lowest BCUT2D eigenvalue weighted by Gasteiger charge is -2.03. The van der Waals surface area contributed by atoms with Gasteiger partial charge in [0.2, 0.25) is 0 Å². The second-order valence-corrected chi connectivity index (χ2v) is 3.14. The van der Waals surface area contributed by atoms with Crippen molar-refractivity contribution in [1.29, 1.82) is 0 Å². The highest BCUT2D eigenvalue weighted by Gasteiger charge is 2.00. The fourth-order valence-corrected chi connectivity index (χ4v) is 1.13. The quantitative estimate of drug-likeness (QED) is 0.394. The summed E-state index contributed by atoms with van der Waals surface area (Å²) in [6.07, 6.45) is 2.72. The molecule has 0 bridgehead atoms. The molecule has 17 heavy (non-hydrogen) atoms. The molecule has 1 aromatic rings. The molecule has 1 amide bonds. The molecule has 1 rings (SSSR count). The van der Waals surface area contributed by atoms with Crippen LogP contribution in [-0.2, 0) is 4.79 Å². The Labute approximate surface area is 98.2 Å². The number of nitrogens with two attached hydrogens (primary N) is 2. The number of carbonyl (C=O) groups is 1. The number of guanidine groups is 1. The van der Waals surface area contributed by atoms with E-state index in [1.54, 1.807) is 12.1 Å². The molecule has 0 spiro atoms. The average molecular weight is 235 g/mol. The highest BCUT2D eigenvalue weighted by Crippen LogP contribution is 2.26. The summed E-state index contributed by atoms with van der Waals surface area (Å²) >= 11 is 0. The normalized spacial score (nSPS) is 10.2. The van der Waals surface area contributed by atoms with Crippen LogP contribution < -0.4 is 16.2 Å². The second-order valence-electron chi connectivity index (χ2n) is 3.14. The average Bonchev–Trinajstić information content (AvgIpc) is 2.27. The fraction of sp³-hybridized carbons (Fsp3) is 0.0909. The van der Waals surface area contributed by atoms with Gasteiger partial charge in [-0.1, -0.05) is 6.07 Å². The Morgan fingerprint density at radius 1 is 1.47 bits per heavy atom. The number of rotatable bonds is 3. The van der Waals surface area contributed by atoms with Gasteiger partial charge >= 0.3 is 0 Å². The highest BCUT2D eigenvalue weighted by atomic mass is 16.5. The molecule has 0 aliphatic heterocycles. The zero-order valence-corrected chi connectivity index (χ0v) is 9.25. The van der Waals surface area contributed by atoms with Crippen LogP contribution in [0.25, 0.3) is 6.08 Å². The monoisotopic (exact) mass is 235 g/mol. The van der Waals surface area contributed by atoms with Gasteiger partial charge in [0.25, 0.3) is 5.91 Å². The minimum Gasteiger partial charge on any atom is -0.504 e. The first-order valence-corrected chi connectivity index (χ1v) is 4.71. The van der Waals surface area contributed by atoms with E-state index in [4.69, 9.17) is 16.2 Å². The van der Waals surface area contributed by atoms with Crippen LogP contribution in [0.2, 0.25) is 0 Å². The van der Waals surface area contributed by atoms with Crippen molar-refractivity contribution in [3.63, 3.8) is 0 Å².